The van der Waals surface area contributed by atoms with Crippen LogP contribution in [0.5, 0.6) is 0 Å². The van der Waals surface area contributed by atoms with E-state index >= 15 is 0 Å². The number of aromatic nitrogens is 4. The van der Waals surface area contributed by atoms with Crippen molar-refractivity contribution in [1.82, 2.24) is 19.7 Å². The van der Waals surface area contributed by atoms with Gasteiger partial charge in [0.05, 0.1) is 16.7 Å². The van der Waals surface area contributed by atoms with Gasteiger partial charge in [0.1, 0.15) is 0 Å². The van der Waals surface area contributed by atoms with Crippen molar-refractivity contribution in [1.29, 1.82) is 0 Å². The van der Waals surface area contributed by atoms with Crippen molar-refractivity contribution < 1.29 is 0 Å². The van der Waals surface area contributed by atoms with E-state index in [4.69, 9.17) is 5.73 Å². The van der Waals surface area contributed by atoms with E-state index in [1.165, 1.54) is 0 Å². The Morgan fingerprint density at radius 3 is 2.95 bits per heavy atom. The lowest BCUT2D eigenvalue weighted by Crippen LogP contribution is -2.01. The molecule has 0 aliphatic carbocycles. The van der Waals surface area contributed by atoms with Gasteiger partial charge >= 0.3 is 0 Å². The van der Waals surface area contributed by atoms with Gasteiger partial charge in [-0.25, -0.2) is 4.98 Å². The number of imidazole rings is 1. The molecule has 0 amide bonds. The summed E-state index contributed by atoms with van der Waals surface area (Å²) in [4.78, 5) is 7.80. The average molecular weight is 287 g/mol. The molecule has 3 aromatic rings. The van der Waals surface area contributed by atoms with Crippen LogP contribution in [0, 0.1) is 0 Å². The number of nitrogens with one attached hydrogen (secondary N) is 1. The van der Waals surface area contributed by atoms with Gasteiger partial charge in [0.2, 0.25) is 0 Å². The molecule has 0 unspecified atom stereocenters. The molecular weight excluding hydrogens is 270 g/mol. The molecule has 0 atom stereocenters. The second kappa shape index (κ2) is 5.20. The number of fused-ring (bicyclic) bond motifs is 1. The Morgan fingerprint density at radius 2 is 2.20 bits per heavy atom. The van der Waals surface area contributed by atoms with Crippen LogP contribution < -0.4 is 5.73 Å². The number of thioether (sulfide) groups is 1. The molecule has 104 valence electrons. The molecule has 0 saturated heterocycles. The Bertz CT molecular complexity index is 728. The van der Waals surface area contributed by atoms with Crippen LogP contribution in [0.4, 0.5) is 5.69 Å². The van der Waals surface area contributed by atoms with Crippen molar-refractivity contribution >= 4 is 28.5 Å². The maximum atomic E-state index is 5.76. The summed E-state index contributed by atoms with van der Waals surface area (Å²) in [5.74, 6) is 0.801. The minimum Gasteiger partial charge on any atom is -0.399 e. The van der Waals surface area contributed by atoms with Gasteiger partial charge in [-0.1, -0.05) is 11.8 Å². The normalized spacial score (nSPS) is 11.6. The standard InChI is InChI=1S/C14H17N5S/c1-9(2)19-6-5-11(18-19)8-20-14-16-12-4-3-10(15)7-13(12)17-14/h3-7,9H,8,15H2,1-2H3,(H,16,17). The molecule has 3 rings (SSSR count). The molecule has 6 heteroatoms. The summed E-state index contributed by atoms with van der Waals surface area (Å²) in [6.07, 6.45) is 2.01. The molecular formula is C14H17N5S. The fraction of sp³-hybridized carbons (Fsp3) is 0.286. The van der Waals surface area contributed by atoms with Gasteiger partial charge in [0.25, 0.3) is 0 Å². The van der Waals surface area contributed by atoms with Crippen LogP contribution in [0.25, 0.3) is 11.0 Å². The molecule has 0 aliphatic heterocycles. The van der Waals surface area contributed by atoms with Crippen LogP contribution in [-0.4, -0.2) is 19.7 Å². The topological polar surface area (TPSA) is 72.5 Å². The van der Waals surface area contributed by atoms with Crippen molar-refractivity contribution in [3.05, 3.63) is 36.2 Å². The molecule has 0 saturated carbocycles. The number of rotatable bonds is 4. The Hall–Kier alpha value is -1.95. The second-order valence-corrected chi connectivity index (χ2v) is 5.95. The minimum atomic E-state index is 0.392. The summed E-state index contributed by atoms with van der Waals surface area (Å²) in [5.41, 5.74) is 9.48. The van der Waals surface area contributed by atoms with Gasteiger partial charge in [-0.15, -0.1) is 0 Å². The highest BCUT2D eigenvalue weighted by atomic mass is 32.2. The SMILES string of the molecule is CC(C)n1ccc(CSc2nc3ccc(N)cc3[nH]2)n1. The molecule has 5 nitrogen and oxygen atoms in total. The van der Waals surface area contributed by atoms with E-state index in [1.54, 1.807) is 11.8 Å². The highest BCUT2D eigenvalue weighted by Crippen LogP contribution is 2.23. The number of hydrogen-bond acceptors (Lipinski definition) is 4. The number of nitrogen functional groups attached to an aromatic ring is 1. The average Bonchev–Trinajstić information content (AvgIpc) is 3.01. The molecule has 20 heavy (non-hydrogen) atoms. The lowest BCUT2D eigenvalue weighted by molar-refractivity contribution is 0.529. The number of benzene rings is 1. The fourth-order valence-corrected chi connectivity index (χ4v) is 2.74. The molecule has 2 heterocycles. The second-order valence-electron chi connectivity index (χ2n) is 4.99. The maximum Gasteiger partial charge on any atom is 0.166 e. The van der Waals surface area contributed by atoms with Crippen molar-refractivity contribution in [2.24, 2.45) is 0 Å². The lowest BCUT2D eigenvalue weighted by atomic mass is 10.3. The Morgan fingerprint density at radius 1 is 1.35 bits per heavy atom. The van der Waals surface area contributed by atoms with E-state index in [0.29, 0.717) is 6.04 Å². The van der Waals surface area contributed by atoms with Crippen molar-refractivity contribution in [2.45, 2.75) is 30.8 Å². The first-order valence-corrected chi connectivity index (χ1v) is 7.52. The summed E-state index contributed by atoms with van der Waals surface area (Å²) in [5, 5.41) is 5.42. The van der Waals surface area contributed by atoms with Gasteiger partial charge in [-0.3, -0.25) is 4.68 Å². The van der Waals surface area contributed by atoms with Crippen LogP contribution in [0.1, 0.15) is 25.6 Å². The number of hydrogen-bond donors (Lipinski definition) is 2. The van der Waals surface area contributed by atoms with Crippen LogP contribution >= 0.6 is 11.8 Å². The van der Waals surface area contributed by atoms with E-state index in [-0.39, 0.29) is 0 Å². The van der Waals surface area contributed by atoms with Crippen molar-refractivity contribution in [3.8, 4) is 0 Å². The quantitative estimate of drug-likeness (QED) is 0.571. The molecule has 0 radical (unpaired) electrons. The summed E-state index contributed by atoms with van der Waals surface area (Å²) < 4.78 is 1.97. The van der Waals surface area contributed by atoms with E-state index in [0.717, 1.165) is 33.3 Å². The Kier molecular flexibility index (Phi) is 3.40. The molecule has 0 fully saturated rings. The third-order valence-corrected chi connectivity index (χ3v) is 3.94. The number of anilines is 1. The monoisotopic (exact) mass is 287 g/mol. The number of aromatic amines is 1. The van der Waals surface area contributed by atoms with Gasteiger partial charge in [-0.2, -0.15) is 5.10 Å². The Labute approximate surface area is 121 Å². The fourth-order valence-electron chi connectivity index (χ4n) is 1.96. The third-order valence-electron chi connectivity index (χ3n) is 3.03. The Balaban J connectivity index is 1.72. The zero-order valence-electron chi connectivity index (χ0n) is 11.5. The summed E-state index contributed by atoms with van der Waals surface area (Å²) in [6, 6.07) is 8.14. The first-order chi connectivity index (χ1) is 9.61. The lowest BCUT2D eigenvalue weighted by Gasteiger charge is -2.03. The highest BCUT2D eigenvalue weighted by Gasteiger charge is 2.06. The predicted molar refractivity (Wildman–Crippen MR) is 82.7 cm³/mol. The van der Waals surface area contributed by atoms with Crippen LogP contribution in [0.2, 0.25) is 0 Å². The molecule has 2 aromatic heterocycles. The largest absolute Gasteiger partial charge is 0.399 e. The molecule has 0 bridgehead atoms. The van der Waals surface area contributed by atoms with Gasteiger partial charge in [-0.05, 0) is 38.1 Å². The van der Waals surface area contributed by atoms with Crippen molar-refractivity contribution in [3.63, 3.8) is 0 Å². The number of H-pyrrole nitrogens is 1. The predicted octanol–water partition coefficient (Wildman–Crippen LogP) is 3.21. The van der Waals surface area contributed by atoms with Gasteiger partial charge < -0.3 is 10.7 Å². The van der Waals surface area contributed by atoms with E-state index in [1.807, 2.05) is 35.1 Å². The van der Waals surface area contributed by atoms with Gasteiger partial charge in [0.15, 0.2) is 5.16 Å². The van der Waals surface area contributed by atoms with E-state index < -0.39 is 0 Å². The number of nitrogens with two attached hydrogens (primary N) is 1. The molecule has 0 aliphatic rings. The van der Waals surface area contributed by atoms with E-state index in [9.17, 15) is 0 Å². The van der Waals surface area contributed by atoms with Crippen LogP contribution in [0.15, 0.2) is 35.6 Å². The molecule has 1 aromatic carbocycles. The number of nitrogens with zero attached hydrogens (tertiary/aromatic N) is 3. The maximum absolute atomic E-state index is 5.76. The highest BCUT2D eigenvalue weighted by molar-refractivity contribution is 7.98. The third kappa shape index (κ3) is 2.65. The zero-order valence-corrected chi connectivity index (χ0v) is 12.3. The van der Waals surface area contributed by atoms with Crippen molar-refractivity contribution in [2.75, 3.05) is 5.73 Å². The summed E-state index contributed by atoms with van der Waals surface area (Å²) in [7, 11) is 0. The smallest absolute Gasteiger partial charge is 0.166 e. The molecule has 3 N–H and O–H groups in total. The minimum absolute atomic E-state index is 0.392. The first kappa shape index (κ1) is 13.1. The summed E-state index contributed by atoms with van der Waals surface area (Å²) in [6.45, 7) is 4.24. The first-order valence-electron chi connectivity index (χ1n) is 6.54. The zero-order chi connectivity index (χ0) is 14.1. The summed E-state index contributed by atoms with van der Waals surface area (Å²) >= 11 is 1.65. The molecule has 0 spiro atoms. The van der Waals surface area contributed by atoms with Crippen LogP contribution in [0.3, 0.4) is 0 Å². The van der Waals surface area contributed by atoms with Crippen LogP contribution in [-0.2, 0) is 5.75 Å². The van der Waals surface area contributed by atoms with Gasteiger partial charge in [0, 0.05) is 23.7 Å². The van der Waals surface area contributed by atoms with E-state index in [2.05, 4.69) is 28.9 Å².